The van der Waals surface area contributed by atoms with Crippen LogP contribution in [-0.2, 0) is 26.2 Å². The van der Waals surface area contributed by atoms with Crippen molar-refractivity contribution in [3.63, 3.8) is 0 Å². The molecule has 0 aliphatic heterocycles. The molecule has 0 spiro atoms. The number of phenolic OH excluding ortho intramolecular Hbond substituents is 2. The Labute approximate surface area is 198 Å². The van der Waals surface area contributed by atoms with Crippen molar-refractivity contribution in [2.75, 3.05) is 0 Å². The molecule has 0 unspecified atom stereocenters. The van der Waals surface area contributed by atoms with E-state index < -0.39 is 0 Å². The molecule has 0 atom stereocenters. The van der Waals surface area contributed by atoms with E-state index in [1.165, 1.54) is 24.3 Å². The van der Waals surface area contributed by atoms with Gasteiger partial charge in [0.05, 0.1) is 34.1 Å². The van der Waals surface area contributed by atoms with Crippen molar-refractivity contribution in [2.24, 2.45) is 0 Å². The van der Waals surface area contributed by atoms with Gasteiger partial charge < -0.3 is 10.2 Å². The summed E-state index contributed by atoms with van der Waals surface area (Å²) in [6, 6.07) is 12.6. The maximum Gasteiger partial charge on any atom is 2.00 e. The maximum absolute atomic E-state index is 11.7. The smallest absolute Gasteiger partial charge is 0.507 e. The van der Waals surface area contributed by atoms with E-state index in [1.807, 2.05) is 24.3 Å². The van der Waals surface area contributed by atoms with Crippen molar-refractivity contribution in [1.82, 2.24) is 0 Å². The van der Waals surface area contributed by atoms with E-state index in [0.29, 0.717) is 0 Å². The number of phenols is 2. The summed E-state index contributed by atoms with van der Waals surface area (Å²) in [6.07, 6.45) is 20.0. The summed E-state index contributed by atoms with van der Waals surface area (Å²) in [4.78, 5) is 0.523. The second-order valence-corrected chi connectivity index (χ2v) is 6.28. The second kappa shape index (κ2) is 18.5. The Balaban J connectivity index is 0.000000369. The summed E-state index contributed by atoms with van der Waals surface area (Å²) in [5.41, 5.74) is 0. The van der Waals surface area contributed by atoms with Crippen molar-refractivity contribution >= 4 is 24.3 Å². The number of para-hydroxylation sites is 2. The zero-order valence-electron chi connectivity index (χ0n) is 15.5. The summed E-state index contributed by atoms with van der Waals surface area (Å²) in [7, 11) is 0. The van der Waals surface area contributed by atoms with Crippen LogP contribution in [0.4, 0.5) is 7.77 Å². The van der Waals surface area contributed by atoms with Crippen molar-refractivity contribution in [3.8, 4) is 11.5 Å². The van der Waals surface area contributed by atoms with Gasteiger partial charge in [-0.2, -0.15) is 19.9 Å². The van der Waals surface area contributed by atoms with Gasteiger partial charge in [0.15, 0.2) is 0 Å². The molecule has 0 amide bonds. The third-order valence-electron chi connectivity index (χ3n) is 3.07. The molecule has 0 radical (unpaired) electrons. The van der Waals surface area contributed by atoms with Gasteiger partial charge in [-0.05, 0) is 24.3 Å². The minimum Gasteiger partial charge on any atom is -0.507 e. The average molecular weight is 510 g/mol. The summed E-state index contributed by atoms with van der Waals surface area (Å²) < 4.78 is 23.5. The first-order valence-electron chi connectivity index (χ1n) is 8.25. The van der Waals surface area contributed by atoms with Gasteiger partial charge in [-0.1, -0.05) is 24.3 Å². The van der Waals surface area contributed by atoms with Gasteiger partial charge in [0.25, 0.3) is 0 Å². The van der Waals surface area contributed by atoms with E-state index in [0.717, 1.165) is 12.8 Å². The van der Waals surface area contributed by atoms with Gasteiger partial charge in [-0.25, -0.2) is 24.3 Å². The second-order valence-electron chi connectivity index (χ2n) is 5.10. The summed E-state index contributed by atoms with van der Waals surface area (Å²) in [5.74, 6) is -0.0185. The number of aromatic hydroxyl groups is 2. The van der Waals surface area contributed by atoms with Crippen LogP contribution in [0.1, 0.15) is 12.8 Å². The molecule has 2 aromatic carbocycles. The first-order valence-corrected chi connectivity index (χ1v) is 9.69. The standard InChI is InChI=1S/2C6H5FOS.2C5H5.Zr/c2*7-9-6-4-2-1-3-5(6)8;2*1-2-4-5-3-1;/h2*1-4,8H;2*1-3H,4H2;/q;;2*-1;+2. The predicted octanol–water partition coefficient (Wildman–Crippen LogP) is 7.35. The molecule has 0 saturated heterocycles. The third kappa shape index (κ3) is 13.3. The molecule has 29 heavy (non-hydrogen) atoms. The molecule has 150 valence electrons. The van der Waals surface area contributed by atoms with Gasteiger partial charge in [0, 0.05) is 0 Å². The monoisotopic (exact) mass is 508 g/mol. The predicted molar refractivity (Wildman–Crippen MR) is 113 cm³/mol. The molecule has 2 aromatic rings. The van der Waals surface area contributed by atoms with Crippen LogP contribution in [0, 0.1) is 12.2 Å². The van der Waals surface area contributed by atoms with Crippen LogP contribution in [0.25, 0.3) is 0 Å². The van der Waals surface area contributed by atoms with Crippen molar-refractivity contribution in [3.05, 3.63) is 97.1 Å². The van der Waals surface area contributed by atoms with Crippen LogP contribution in [0.15, 0.2) is 94.8 Å². The molecule has 2 aliphatic carbocycles. The number of halogens is 2. The fourth-order valence-electron chi connectivity index (χ4n) is 1.73. The van der Waals surface area contributed by atoms with E-state index in [-0.39, 0.29) is 71.8 Å². The summed E-state index contributed by atoms with van der Waals surface area (Å²) in [5, 5.41) is 17.7. The fourth-order valence-corrected chi connectivity index (χ4v) is 2.28. The SMILES string of the molecule is Oc1ccccc1SF.Oc1ccccc1SF.[C-]1=CC=CC1.[C-]1=CC=CC1.[Zr+2]. The maximum atomic E-state index is 11.7. The van der Waals surface area contributed by atoms with Crippen LogP contribution in [0.3, 0.4) is 0 Å². The summed E-state index contributed by atoms with van der Waals surface area (Å²) >= 11 is 0.0908. The number of allylic oxidation sites excluding steroid dienone is 8. The Hall–Kier alpha value is -1.56. The van der Waals surface area contributed by atoms with E-state index in [1.54, 1.807) is 24.3 Å². The molecule has 7 heteroatoms. The normalized spacial score (nSPS) is 11.9. The molecule has 4 rings (SSSR count). The van der Waals surface area contributed by atoms with Gasteiger partial charge in [0.1, 0.15) is 11.5 Å². The number of rotatable bonds is 2. The van der Waals surface area contributed by atoms with Crippen LogP contribution in [0.2, 0.25) is 0 Å². The number of hydrogen-bond donors (Lipinski definition) is 2. The largest absolute Gasteiger partial charge is 2.00 e. The van der Waals surface area contributed by atoms with Crippen LogP contribution in [-0.4, -0.2) is 10.2 Å². The molecule has 2 N–H and O–H groups in total. The van der Waals surface area contributed by atoms with E-state index >= 15 is 0 Å². The molecule has 0 heterocycles. The van der Waals surface area contributed by atoms with Crippen LogP contribution < -0.4 is 0 Å². The number of benzene rings is 2. The van der Waals surface area contributed by atoms with E-state index in [9.17, 15) is 7.77 Å². The minimum atomic E-state index is -0.00926. The van der Waals surface area contributed by atoms with E-state index in [2.05, 4.69) is 24.3 Å². The molecule has 0 saturated carbocycles. The Morgan fingerprint density at radius 2 is 1.07 bits per heavy atom. The van der Waals surface area contributed by atoms with Crippen molar-refractivity contribution in [2.45, 2.75) is 22.6 Å². The molecule has 2 aliphatic rings. The number of hydrogen-bond acceptors (Lipinski definition) is 4. The van der Waals surface area contributed by atoms with Crippen molar-refractivity contribution in [1.29, 1.82) is 0 Å². The van der Waals surface area contributed by atoms with Crippen LogP contribution in [0.5, 0.6) is 11.5 Å². The first-order chi connectivity index (χ1) is 13.7. The van der Waals surface area contributed by atoms with Gasteiger partial charge in [0.2, 0.25) is 0 Å². The molecular formula is C22H20F2O2S2Zr. The molecule has 0 aromatic heterocycles. The zero-order chi connectivity index (χ0) is 20.5. The zero-order valence-corrected chi connectivity index (χ0v) is 19.6. The van der Waals surface area contributed by atoms with Gasteiger partial charge in [-0.15, -0.1) is 12.8 Å². The third-order valence-corrected chi connectivity index (χ3v) is 4.09. The van der Waals surface area contributed by atoms with Gasteiger partial charge in [-0.3, -0.25) is 12.2 Å². The van der Waals surface area contributed by atoms with E-state index in [4.69, 9.17) is 10.2 Å². The molecule has 0 fully saturated rings. The molecular weight excluding hydrogens is 490 g/mol. The van der Waals surface area contributed by atoms with Crippen molar-refractivity contribution < 1.29 is 44.2 Å². The Morgan fingerprint density at radius 3 is 1.24 bits per heavy atom. The van der Waals surface area contributed by atoms with Gasteiger partial charge >= 0.3 is 26.2 Å². The molecule has 2 nitrogen and oxygen atoms in total. The van der Waals surface area contributed by atoms with Crippen LogP contribution >= 0.6 is 24.3 Å². The topological polar surface area (TPSA) is 40.5 Å². The minimum absolute atomic E-state index is 0. The first kappa shape index (κ1) is 27.4. The molecule has 0 bridgehead atoms. The Morgan fingerprint density at radius 1 is 0.690 bits per heavy atom. The summed E-state index contributed by atoms with van der Waals surface area (Å²) in [6.45, 7) is 0. The quantitative estimate of drug-likeness (QED) is 0.415. The Bertz CT molecular complexity index is 721. The Kier molecular flexibility index (Phi) is 17.5. The average Bonchev–Trinajstić information content (AvgIpc) is 3.48. The fraction of sp³-hybridized carbons (Fsp3) is 0.0909.